The second kappa shape index (κ2) is 7.84. The van der Waals surface area contributed by atoms with Gasteiger partial charge in [0.1, 0.15) is 5.69 Å². The zero-order valence-corrected chi connectivity index (χ0v) is 15.1. The molecular formula is C16H14F3N3O5S. The Kier molecular flexibility index (Phi) is 5.92. The van der Waals surface area contributed by atoms with Crippen molar-refractivity contribution < 1.29 is 31.3 Å². The SMILES string of the molecule is CS(=O)(=O)Cc1ccc(C(=O)NNc2ccc(C(F)(F)F)cc2[N+](=O)[O-])cc1. The summed E-state index contributed by atoms with van der Waals surface area (Å²) >= 11 is 0. The fourth-order valence-corrected chi connectivity index (χ4v) is 3.01. The van der Waals surface area contributed by atoms with E-state index in [-0.39, 0.29) is 17.0 Å². The van der Waals surface area contributed by atoms with Crippen LogP contribution in [0.4, 0.5) is 24.5 Å². The maximum Gasteiger partial charge on any atom is 0.416 e. The molecule has 2 aromatic carbocycles. The van der Waals surface area contributed by atoms with Crippen LogP contribution in [0, 0.1) is 10.1 Å². The number of sulfone groups is 1. The summed E-state index contributed by atoms with van der Waals surface area (Å²) in [5.41, 5.74) is 2.54. The van der Waals surface area contributed by atoms with Crippen LogP contribution in [-0.4, -0.2) is 25.5 Å². The lowest BCUT2D eigenvalue weighted by Gasteiger charge is -2.11. The fraction of sp³-hybridized carbons (Fsp3) is 0.188. The predicted molar refractivity (Wildman–Crippen MR) is 94.2 cm³/mol. The van der Waals surface area contributed by atoms with Gasteiger partial charge in [0.25, 0.3) is 11.6 Å². The molecule has 150 valence electrons. The van der Waals surface area contributed by atoms with Crippen LogP contribution in [-0.2, 0) is 21.8 Å². The van der Waals surface area contributed by atoms with E-state index in [0.717, 1.165) is 12.3 Å². The highest BCUT2D eigenvalue weighted by atomic mass is 32.2. The fourth-order valence-electron chi connectivity index (χ4n) is 2.22. The quantitative estimate of drug-likeness (QED) is 0.551. The van der Waals surface area contributed by atoms with Crippen molar-refractivity contribution in [1.29, 1.82) is 0 Å². The minimum atomic E-state index is -4.75. The maximum absolute atomic E-state index is 12.7. The van der Waals surface area contributed by atoms with Crippen LogP contribution in [0.3, 0.4) is 0 Å². The predicted octanol–water partition coefficient (Wildman–Crippen LogP) is 2.92. The molecule has 1 amide bonds. The molecule has 28 heavy (non-hydrogen) atoms. The molecule has 0 aromatic heterocycles. The number of amides is 1. The van der Waals surface area contributed by atoms with E-state index >= 15 is 0 Å². The molecule has 0 unspecified atom stereocenters. The van der Waals surface area contributed by atoms with Crippen molar-refractivity contribution in [2.45, 2.75) is 11.9 Å². The smallest absolute Gasteiger partial charge is 0.292 e. The number of rotatable bonds is 6. The molecule has 2 N–H and O–H groups in total. The van der Waals surface area contributed by atoms with Gasteiger partial charge in [0.15, 0.2) is 9.84 Å². The summed E-state index contributed by atoms with van der Waals surface area (Å²) in [7, 11) is -3.24. The van der Waals surface area contributed by atoms with Crippen LogP contribution in [0.1, 0.15) is 21.5 Å². The number of benzene rings is 2. The monoisotopic (exact) mass is 417 g/mol. The van der Waals surface area contributed by atoms with E-state index in [1.165, 1.54) is 24.3 Å². The lowest BCUT2D eigenvalue weighted by atomic mass is 10.1. The Morgan fingerprint density at radius 1 is 1.14 bits per heavy atom. The molecule has 2 aromatic rings. The van der Waals surface area contributed by atoms with Gasteiger partial charge in [-0.2, -0.15) is 13.2 Å². The Morgan fingerprint density at radius 2 is 1.75 bits per heavy atom. The molecule has 0 saturated carbocycles. The van der Waals surface area contributed by atoms with E-state index in [4.69, 9.17) is 0 Å². The van der Waals surface area contributed by atoms with E-state index in [1.54, 1.807) is 0 Å². The summed E-state index contributed by atoms with van der Waals surface area (Å²) in [6.45, 7) is 0. The standard InChI is InChI=1S/C16H14F3N3O5S/c1-28(26,27)9-10-2-4-11(5-3-10)15(23)21-20-13-7-6-12(16(17,18)19)8-14(13)22(24)25/h2-8,20H,9H2,1H3,(H,21,23). The van der Waals surface area contributed by atoms with Crippen LogP contribution >= 0.6 is 0 Å². The third-order valence-corrected chi connectivity index (χ3v) is 4.34. The van der Waals surface area contributed by atoms with Crippen LogP contribution in [0.15, 0.2) is 42.5 Å². The first-order chi connectivity index (χ1) is 12.9. The third-order valence-electron chi connectivity index (χ3n) is 3.48. The number of hydrogen-bond donors (Lipinski definition) is 2. The van der Waals surface area contributed by atoms with Crippen molar-refractivity contribution in [2.24, 2.45) is 0 Å². The number of nitro groups is 1. The molecule has 0 fully saturated rings. The molecule has 0 bridgehead atoms. The average Bonchev–Trinajstić information content (AvgIpc) is 2.57. The molecular weight excluding hydrogens is 403 g/mol. The second-order valence-electron chi connectivity index (χ2n) is 5.83. The van der Waals surface area contributed by atoms with Crippen LogP contribution in [0.2, 0.25) is 0 Å². The number of halogens is 3. The molecule has 0 aliphatic carbocycles. The highest BCUT2D eigenvalue weighted by Crippen LogP contribution is 2.34. The van der Waals surface area contributed by atoms with Gasteiger partial charge in [-0.3, -0.25) is 25.8 Å². The molecule has 8 nitrogen and oxygen atoms in total. The lowest BCUT2D eigenvalue weighted by molar-refractivity contribution is -0.384. The van der Waals surface area contributed by atoms with Crippen molar-refractivity contribution in [3.63, 3.8) is 0 Å². The number of hydrogen-bond acceptors (Lipinski definition) is 6. The Morgan fingerprint density at radius 3 is 2.25 bits per heavy atom. The normalized spacial score (nSPS) is 11.7. The molecule has 0 radical (unpaired) electrons. The van der Waals surface area contributed by atoms with E-state index in [1.807, 2.05) is 0 Å². The Hall–Kier alpha value is -3.15. The molecule has 2 rings (SSSR count). The summed E-state index contributed by atoms with van der Waals surface area (Å²) in [6, 6.07) is 7.37. The first-order valence-corrected chi connectivity index (χ1v) is 9.61. The Bertz CT molecular complexity index is 1010. The van der Waals surface area contributed by atoms with Crippen LogP contribution < -0.4 is 10.9 Å². The zero-order chi connectivity index (χ0) is 21.1. The zero-order valence-electron chi connectivity index (χ0n) is 14.3. The van der Waals surface area contributed by atoms with Crippen molar-refractivity contribution in [3.8, 4) is 0 Å². The van der Waals surface area contributed by atoms with Gasteiger partial charge in [0, 0.05) is 17.9 Å². The number of nitrogens with zero attached hydrogens (tertiary/aromatic N) is 1. The minimum absolute atomic E-state index is 0.110. The summed E-state index contributed by atoms with van der Waals surface area (Å²) in [5.74, 6) is -0.926. The lowest BCUT2D eigenvalue weighted by Crippen LogP contribution is -2.29. The summed E-state index contributed by atoms with van der Waals surface area (Å²) in [6.07, 6.45) is -3.69. The van der Waals surface area contributed by atoms with Crippen molar-refractivity contribution in [2.75, 3.05) is 11.7 Å². The van der Waals surface area contributed by atoms with Gasteiger partial charge < -0.3 is 0 Å². The largest absolute Gasteiger partial charge is 0.416 e. The van der Waals surface area contributed by atoms with Crippen molar-refractivity contribution in [1.82, 2.24) is 5.43 Å². The van der Waals surface area contributed by atoms with E-state index < -0.39 is 38.1 Å². The summed E-state index contributed by atoms with van der Waals surface area (Å²) in [5, 5.41) is 11.0. The van der Waals surface area contributed by atoms with Gasteiger partial charge in [-0.25, -0.2) is 8.42 Å². The Balaban J connectivity index is 2.13. The molecule has 0 spiro atoms. The van der Waals surface area contributed by atoms with Gasteiger partial charge in [0.2, 0.25) is 0 Å². The van der Waals surface area contributed by atoms with Gasteiger partial charge >= 0.3 is 6.18 Å². The van der Waals surface area contributed by atoms with Crippen LogP contribution in [0.25, 0.3) is 0 Å². The summed E-state index contributed by atoms with van der Waals surface area (Å²) < 4.78 is 60.5. The number of carbonyl (C=O) groups excluding carboxylic acids is 1. The topological polar surface area (TPSA) is 118 Å². The highest BCUT2D eigenvalue weighted by molar-refractivity contribution is 7.89. The number of nitro benzene ring substituents is 1. The van der Waals surface area contributed by atoms with Crippen LogP contribution in [0.5, 0.6) is 0 Å². The minimum Gasteiger partial charge on any atom is -0.292 e. The van der Waals surface area contributed by atoms with E-state index in [0.29, 0.717) is 17.7 Å². The van der Waals surface area contributed by atoms with Crippen molar-refractivity contribution in [3.05, 3.63) is 69.3 Å². The summed E-state index contributed by atoms with van der Waals surface area (Å²) in [4.78, 5) is 22.1. The molecule has 0 atom stereocenters. The highest BCUT2D eigenvalue weighted by Gasteiger charge is 2.33. The third kappa shape index (κ3) is 5.67. The van der Waals surface area contributed by atoms with Gasteiger partial charge in [-0.05, 0) is 29.8 Å². The number of carbonyl (C=O) groups is 1. The number of hydrazine groups is 1. The van der Waals surface area contributed by atoms with Gasteiger partial charge in [0.05, 0.1) is 16.2 Å². The van der Waals surface area contributed by atoms with Crippen molar-refractivity contribution >= 4 is 27.1 Å². The molecule has 12 heteroatoms. The maximum atomic E-state index is 12.7. The molecule has 0 aliphatic rings. The molecule has 0 saturated heterocycles. The van der Waals surface area contributed by atoms with E-state index in [9.17, 15) is 36.5 Å². The number of nitrogens with one attached hydrogen (secondary N) is 2. The second-order valence-corrected chi connectivity index (χ2v) is 7.97. The number of anilines is 1. The molecule has 0 heterocycles. The first kappa shape index (κ1) is 21.2. The van der Waals surface area contributed by atoms with Gasteiger partial charge in [-0.1, -0.05) is 12.1 Å². The van der Waals surface area contributed by atoms with E-state index in [2.05, 4.69) is 10.9 Å². The number of alkyl halides is 3. The average molecular weight is 417 g/mol. The molecule has 0 aliphatic heterocycles. The van der Waals surface area contributed by atoms with Gasteiger partial charge in [-0.15, -0.1) is 0 Å². The Labute approximate surface area is 157 Å². The first-order valence-electron chi connectivity index (χ1n) is 7.55.